The lowest BCUT2D eigenvalue weighted by molar-refractivity contribution is -0.274. The van der Waals surface area contributed by atoms with Gasteiger partial charge in [0.15, 0.2) is 0 Å². The molecule has 0 radical (unpaired) electrons. The Labute approximate surface area is 159 Å². The number of ether oxygens (including phenoxy) is 2. The molecule has 0 bridgehead atoms. The Morgan fingerprint density at radius 2 is 1.89 bits per heavy atom. The second-order valence-corrected chi connectivity index (χ2v) is 5.73. The molecular formula is C17H9ClF4N2O4. The van der Waals surface area contributed by atoms with Crippen molar-refractivity contribution in [2.24, 2.45) is 0 Å². The quantitative estimate of drug-likeness (QED) is 0.462. The predicted octanol–water partition coefficient (Wildman–Crippen LogP) is 5.29. The topological polar surface area (TPSA) is 73.6 Å². The minimum Gasteiger partial charge on any atom is -0.449 e. The van der Waals surface area contributed by atoms with E-state index < -0.39 is 24.1 Å². The van der Waals surface area contributed by atoms with Crippen LogP contribution in [0.2, 0.25) is 5.02 Å². The lowest BCUT2D eigenvalue weighted by Crippen LogP contribution is -2.17. The van der Waals surface area contributed by atoms with E-state index in [0.717, 1.165) is 22.9 Å². The summed E-state index contributed by atoms with van der Waals surface area (Å²) in [6, 6.07) is 9.71. The molecule has 0 aliphatic heterocycles. The second kappa shape index (κ2) is 7.39. The van der Waals surface area contributed by atoms with E-state index in [1.165, 1.54) is 30.3 Å². The molecule has 0 atom stereocenters. The van der Waals surface area contributed by atoms with Gasteiger partial charge in [-0.15, -0.1) is 18.3 Å². The maximum absolute atomic E-state index is 13.4. The van der Waals surface area contributed by atoms with E-state index in [-0.39, 0.29) is 27.8 Å². The van der Waals surface area contributed by atoms with Crippen LogP contribution in [0.15, 0.2) is 48.5 Å². The minimum absolute atomic E-state index is 0.159. The number of hydrogen-bond acceptors (Lipinski definition) is 4. The molecule has 146 valence electrons. The molecule has 28 heavy (non-hydrogen) atoms. The van der Waals surface area contributed by atoms with Crippen LogP contribution >= 0.6 is 11.6 Å². The number of carboxylic acid groups (broad SMARTS) is 1. The van der Waals surface area contributed by atoms with Gasteiger partial charge in [-0.25, -0.2) is 13.9 Å². The summed E-state index contributed by atoms with van der Waals surface area (Å²) in [5.74, 6) is -1.53. The molecule has 0 aliphatic rings. The van der Waals surface area contributed by atoms with Gasteiger partial charge < -0.3 is 14.6 Å². The first kappa shape index (κ1) is 19.5. The Hall–Kier alpha value is -3.27. The molecule has 0 spiro atoms. The van der Waals surface area contributed by atoms with Gasteiger partial charge in [-0.1, -0.05) is 23.7 Å². The smallest absolute Gasteiger partial charge is 0.449 e. The highest BCUT2D eigenvalue weighted by molar-refractivity contribution is 6.30. The highest BCUT2D eigenvalue weighted by Gasteiger charge is 2.31. The minimum atomic E-state index is -4.89. The lowest BCUT2D eigenvalue weighted by Gasteiger charge is -2.11. The lowest BCUT2D eigenvalue weighted by atomic mass is 10.1. The van der Waals surface area contributed by atoms with Crippen LogP contribution in [-0.4, -0.2) is 27.4 Å². The number of hydrogen-bond donors (Lipinski definition) is 1. The van der Waals surface area contributed by atoms with Crippen LogP contribution in [0.5, 0.6) is 11.6 Å². The first-order valence-corrected chi connectivity index (χ1v) is 7.82. The predicted molar refractivity (Wildman–Crippen MR) is 89.3 cm³/mol. The van der Waals surface area contributed by atoms with Crippen molar-refractivity contribution in [3.8, 4) is 28.6 Å². The third-order valence-electron chi connectivity index (χ3n) is 3.39. The third-order valence-corrected chi connectivity index (χ3v) is 3.68. The first-order valence-electron chi connectivity index (χ1n) is 7.45. The van der Waals surface area contributed by atoms with Crippen LogP contribution in [0.3, 0.4) is 0 Å². The van der Waals surface area contributed by atoms with Crippen molar-refractivity contribution in [1.82, 2.24) is 9.78 Å². The van der Waals surface area contributed by atoms with Crippen LogP contribution in [0.25, 0.3) is 16.9 Å². The maximum atomic E-state index is 13.4. The van der Waals surface area contributed by atoms with Crippen LogP contribution in [-0.2, 0) is 0 Å². The van der Waals surface area contributed by atoms with Crippen molar-refractivity contribution in [2.45, 2.75) is 6.36 Å². The number of alkyl halides is 3. The first-order chi connectivity index (χ1) is 13.1. The van der Waals surface area contributed by atoms with Gasteiger partial charge in [-0.3, -0.25) is 0 Å². The molecule has 0 unspecified atom stereocenters. The van der Waals surface area contributed by atoms with Crippen molar-refractivity contribution in [3.63, 3.8) is 0 Å². The number of benzene rings is 2. The van der Waals surface area contributed by atoms with Crippen molar-refractivity contribution in [3.05, 3.63) is 59.4 Å². The van der Waals surface area contributed by atoms with E-state index in [4.69, 9.17) is 16.7 Å². The van der Waals surface area contributed by atoms with Crippen molar-refractivity contribution in [2.75, 3.05) is 0 Å². The van der Waals surface area contributed by atoms with Crippen molar-refractivity contribution >= 4 is 17.8 Å². The number of rotatable bonds is 4. The van der Waals surface area contributed by atoms with Gasteiger partial charge in [0, 0.05) is 11.6 Å². The van der Waals surface area contributed by atoms with Gasteiger partial charge in [-0.05, 0) is 30.3 Å². The van der Waals surface area contributed by atoms with E-state index >= 15 is 0 Å². The van der Waals surface area contributed by atoms with Crippen LogP contribution in [0.1, 0.15) is 0 Å². The van der Waals surface area contributed by atoms with Gasteiger partial charge in [0.25, 0.3) is 0 Å². The van der Waals surface area contributed by atoms with Gasteiger partial charge in [0.05, 0.1) is 16.4 Å². The number of nitrogens with zero attached hydrogens (tertiary/aromatic N) is 2. The third kappa shape index (κ3) is 4.52. The Balaban J connectivity index is 2.11. The molecule has 3 aromatic rings. The van der Waals surface area contributed by atoms with Crippen molar-refractivity contribution < 1.29 is 36.9 Å². The summed E-state index contributed by atoms with van der Waals surface area (Å²) >= 11 is 5.76. The summed E-state index contributed by atoms with van der Waals surface area (Å²) in [4.78, 5) is 10.8. The average molecular weight is 417 g/mol. The molecule has 11 heteroatoms. The molecular weight excluding hydrogens is 408 g/mol. The number of carbonyl (C=O) groups is 1. The fourth-order valence-electron chi connectivity index (χ4n) is 2.37. The second-order valence-electron chi connectivity index (χ2n) is 5.32. The molecule has 0 saturated carbocycles. The maximum Gasteiger partial charge on any atom is 0.573 e. The van der Waals surface area contributed by atoms with E-state index in [9.17, 15) is 22.4 Å². The molecule has 0 aliphatic carbocycles. The summed E-state index contributed by atoms with van der Waals surface area (Å²) < 4.78 is 60.4. The van der Waals surface area contributed by atoms with Crippen LogP contribution in [0, 0.1) is 5.82 Å². The average Bonchev–Trinajstić information content (AvgIpc) is 2.99. The highest BCUT2D eigenvalue weighted by atomic mass is 35.5. The molecule has 1 heterocycles. The summed E-state index contributed by atoms with van der Waals surface area (Å²) in [5.41, 5.74) is 0.588. The monoisotopic (exact) mass is 416 g/mol. The standard InChI is InChI=1S/C17H9ClF4N2O4/c18-12-7-10(4-5-13(12)19)24-14(8-15(23-24)27-16(25)26)9-2-1-3-11(6-9)28-17(20,21)22/h1-8H,(H,25,26). The van der Waals surface area contributed by atoms with Gasteiger partial charge >= 0.3 is 12.5 Å². The fourth-order valence-corrected chi connectivity index (χ4v) is 2.55. The molecule has 0 fully saturated rings. The largest absolute Gasteiger partial charge is 0.573 e. The molecule has 6 nitrogen and oxygen atoms in total. The normalized spacial score (nSPS) is 11.3. The zero-order valence-corrected chi connectivity index (χ0v) is 14.3. The molecule has 3 rings (SSSR count). The molecule has 1 aromatic heterocycles. The van der Waals surface area contributed by atoms with E-state index in [1.54, 1.807) is 0 Å². The molecule has 0 amide bonds. The SMILES string of the molecule is O=C(O)Oc1cc(-c2cccc(OC(F)(F)F)c2)n(-c2ccc(F)c(Cl)c2)n1. The fraction of sp³-hybridized carbons (Fsp3) is 0.0588. The van der Waals surface area contributed by atoms with Gasteiger partial charge in [-0.2, -0.15) is 0 Å². The van der Waals surface area contributed by atoms with E-state index in [0.29, 0.717) is 0 Å². The van der Waals surface area contributed by atoms with Crippen molar-refractivity contribution in [1.29, 1.82) is 0 Å². The summed E-state index contributed by atoms with van der Waals surface area (Å²) in [6.45, 7) is 0. The zero-order chi connectivity index (χ0) is 20.5. The summed E-state index contributed by atoms with van der Waals surface area (Å²) in [7, 11) is 0. The molecule has 0 saturated heterocycles. The summed E-state index contributed by atoms with van der Waals surface area (Å²) in [5, 5.41) is 12.5. The zero-order valence-electron chi connectivity index (χ0n) is 13.6. The summed E-state index contributed by atoms with van der Waals surface area (Å²) in [6.07, 6.45) is -6.52. The van der Waals surface area contributed by atoms with Gasteiger partial charge in [0.1, 0.15) is 11.6 Å². The molecule has 1 N–H and O–H groups in total. The Bertz CT molecular complexity index is 1040. The Morgan fingerprint density at radius 1 is 1.14 bits per heavy atom. The Kier molecular flexibility index (Phi) is 5.14. The van der Waals surface area contributed by atoms with E-state index in [1.807, 2.05) is 0 Å². The van der Waals surface area contributed by atoms with Crippen LogP contribution in [0.4, 0.5) is 22.4 Å². The molecule has 2 aromatic carbocycles. The highest BCUT2D eigenvalue weighted by Crippen LogP contribution is 2.32. The number of aromatic nitrogens is 2. The Morgan fingerprint density at radius 3 is 2.54 bits per heavy atom. The van der Waals surface area contributed by atoms with Crippen LogP contribution < -0.4 is 9.47 Å². The van der Waals surface area contributed by atoms with E-state index in [2.05, 4.69) is 14.6 Å². The number of halogens is 5. The van der Waals surface area contributed by atoms with Gasteiger partial charge in [0.2, 0.25) is 5.88 Å².